The molecular formula is C20H20N4O2. The van der Waals surface area contributed by atoms with Crippen LogP contribution < -0.4 is 0 Å². The predicted molar refractivity (Wildman–Crippen MR) is 96.5 cm³/mol. The molecule has 6 heteroatoms. The Balaban J connectivity index is 1.58. The second-order valence-corrected chi connectivity index (χ2v) is 6.67. The highest BCUT2D eigenvalue weighted by atomic mass is 16.5. The van der Waals surface area contributed by atoms with Gasteiger partial charge in [-0.25, -0.2) is 0 Å². The van der Waals surface area contributed by atoms with Crippen molar-refractivity contribution in [2.75, 3.05) is 6.54 Å². The molecule has 1 fully saturated rings. The summed E-state index contributed by atoms with van der Waals surface area (Å²) in [4.78, 5) is 23.4. The van der Waals surface area contributed by atoms with Gasteiger partial charge in [0, 0.05) is 24.0 Å². The van der Waals surface area contributed by atoms with Crippen molar-refractivity contribution >= 4 is 5.91 Å². The summed E-state index contributed by atoms with van der Waals surface area (Å²) in [5.74, 6) is 0.998. The van der Waals surface area contributed by atoms with Crippen molar-refractivity contribution in [3.05, 3.63) is 65.3 Å². The lowest BCUT2D eigenvalue weighted by Crippen LogP contribution is -2.30. The Labute approximate surface area is 151 Å². The number of amides is 1. The second kappa shape index (κ2) is 6.71. The molecule has 0 spiro atoms. The number of aryl methyl sites for hydroxylation is 2. The van der Waals surface area contributed by atoms with Gasteiger partial charge in [0.2, 0.25) is 11.7 Å². The summed E-state index contributed by atoms with van der Waals surface area (Å²) in [7, 11) is 0. The van der Waals surface area contributed by atoms with Crippen molar-refractivity contribution < 1.29 is 9.32 Å². The lowest BCUT2D eigenvalue weighted by molar-refractivity contribution is 0.0709. The normalized spacial score (nSPS) is 16.8. The van der Waals surface area contributed by atoms with Gasteiger partial charge < -0.3 is 9.42 Å². The Morgan fingerprint density at radius 1 is 1.15 bits per heavy atom. The molecule has 1 amide bonds. The van der Waals surface area contributed by atoms with E-state index >= 15 is 0 Å². The number of pyridine rings is 1. The number of nitrogens with zero attached hydrogens (tertiary/aromatic N) is 4. The van der Waals surface area contributed by atoms with Crippen molar-refractivity contribution in [1.82, 2.24) is 20.0 Å². The van der Waals surface area contributed by atoms with Gasteiger partial charge >= 0.3 is 0 Å². The average Bonchev–Trinajstić information content (AvgIpc) is 3.31. The van der Waals surface area contributed by atoms with E-state index in [1.807, 2.05) is 50.2 Å². The molecule has 132 valence electrons. The molecule has 3 heterocycles. The average molecular weight is 348 g/mol. The molecule has 1 saturated heterocycles. The van der Waals surface area contributed by atoms with E-state index in [0.29, 0.717) is 23.8 Å². The summed E-state index contributed by atoms with van der Waals surface area (Å²) >= 11 is 0. The highest BCUT2D eigenvalue weighted by molar-refractivity contribution is 5.94. The molecule has 6 nitrogen and oxygen atoms in total. The molecule has 4 rings (SSSR count). The molecule has 1 aliphatic rings. The third-order valence-electron chi connectivity index (χ3n) is 4.71. The molecule has 0 saturated carbocycles. The lowest BCUT2D eigenvalue weighted by atomic mass is 10.1. The summed E-state index contributed by atoms with van der Waals surface area (Å²) in [6.07, 6.45) is 3.36. The van der Waals surface area contributed by atoms with Crippen LogP contribution in [0.25, 0.3) is 11.4 Å². The molecule has 0 bridgehead atoms. The number of rotatable bonds is 3. The van der Waals surface area contributed by atoms with E-state index in [9.17, 15) is 4.79 Å². The number of benzene rings is 1. The fourth-order valence-corrected chi connectivity index (χ4v) is 3.22. The Morgan fingerprint density at radius 2 is 1.96 bits per heavy atom. The van der Waals surface area contributed by atoms with Gasteiger partial charge in [0.1, 0.15) is 6.04 Å². The van der Waals surface area contributed by atoms with E-state index in [2.05, 4.69) is 15.1 Å². The van der Waals surface area contributed by atoms with Crippen LogP contribution in [0.3, 0.4) is 0 Å². The van der Waals surface area contributed by atoms with Crippen LogP contribution in [-0.2, 0) is 0 Å². The van der Waals surface area contributed by atoms with Crippen molar-refractivity contribution in [2.45, 2.75) is 32.7 Å². The van der Waals surface area contributed by atoms with E-state index in [0.717, 1.165) is 24.1 Å². The first-order valence-electron chi connectivity index (χ1n) is 8.76. The maximum atomic E-state index is 12.9. The molecule has 2 aromatic heterocycles. The van der Waals surface area contributed by atoms with Gasteiger partial charge in [-0.3, -0.25) is 9.78 Å². The highest BCUT2D eigenvalue weighted by Gasteiger charge is 2.34. The minimum Gasteiger partial charge on any atom is -0.337 e. The lowest BCUT2D eigenvalue weighted by Gasteiger charge is -2.21. The van der Waals surface area contributed by atoms with Gasteiger partial charge in [-0.1, -0.05) is 35.0 Å². The zero-order chi connectivity index (χ0) is 18.1. The summed E-state index contributed by atoms with van der Waals surface area (Å²) in [5.41, 5.74) is 3.56. The largest absolute Gasteiger partial charge is 0.337 e. The quantitative estimate of drug-likeness (QED) is 0.721. The first-order valence-corrected chi connectivity index (χ1v) is 8.76. The van der Waals surface area contributed by atoms with Crippen LogP contribution in [0.5, 0.6) is 0 Å². The fraction of sp³-hybridized carbons (Fsp3) is 0.300. The van der Waals surface area contributed by atoms with Gasteiger partial charge in [0.25, 0.3) is 5.91 Å². The third kappa shape index (κ3) is 3.10. The first-order chi connectivity index (χ1) is 12.6. The molecule has 0 N–H and O–H groups in total. The minimum absolute atomic E-state index is 0.0462. The standard InChI is InChI=1S/C20H20N4O2/c1-13-5-8-15(9-6-13)18-22-19(26-23-18)17-4-3-11-24(17)20(25)16-10-7-14(2)21-12-16/h5-10,12,17H,3-4,11H2,1-2H3/t17-/m0/s1. The molecular weight excluding hydrogens is 328 g/mol. The highest BCUT2D eigenvalue weighted by Crippen LogP contribution is 2.33. The summed E-state index contributed by atoms with van der Waals surface area (Å²) in [5, 5.41) is 4.10. The number of hydrogen-bond acceptors (Lipinski definition) is 5. The Kier molecular flexibility index (Phi) is 4.24. The third-order valence-corrected chi connectivity index (χ3v) is 4.71. The number of hydrogen-bond donors (Lipinski definition) is 0. The van der Waals surface area contributed by atoms with Crippen molar-refractivity contribution in [3.8, 4) is 11.4 Å². The van der Waals surface area contributed by atoms with Gasteiger partial charge in [0.05, 0.1) is 5.56 Å². The maximum Gasteiger partial charge on any atom is 0.256 e. The van der Waals surface area contributed by atoms with Gasteiger partial charge in [-0.2, -0.15) is 4.98 Å². The van der Waals surface area contributed by atoms with Crippen molar-refractivity contribution in [3.63, 3.8) is 0 Å². The molecule has 1 atom stereocenters. The van der Waals surface area contributed by atoms with E-state index in [-0.39, 0.29) is 11.9 Å². The molecule has 0 radical (unpaired) electrons. The first kappa shape index (κ1) is 16.4. The molecule has 0 unspecified atom stereocenters. The van der Waals surface area contributed by atoms with E-state index in [1.165, 1.54) is 5.56 Å². The van der Waals surface area contributed by atoms with Crippen molar-refractivity contribution in [1.29, 1.82) is 0 Å². The minimum atomic E-state index is -0.185. The Bertz CT molecular complexity index is 916. The van der Waals surface area contributed by atoms with Crippen LogP contribution in [0.2, 0.25) is 0 Å². The molecule has 1 aromatic carbocycles. The van der Waals surface area contributed by atoms with Crippen LogP contribution in [-0.4, -0.2) is 32.5 Å². The fourth-order valence-electron chi connectivity index (χ4n) is 3.22. The maximum absolute atomic E-state index is 12.9. The Morgan fingerprint density at radius 3 is 2.69 bits per heavy atom. The summed E-state index contributed by atoms with van der Waals surface area (Å²) in [6, 6.07) is 11.4. The SMILES string of the molecule is Cc1ccc(-c2noc([C@@H]3CCCN3C(=O)c3ccc(C)nc3)n2)cc1. The van der Waals surface area contributed by atoms with Crippen LogP contribution in [0.4, 0.5) is 0 Å². The van der Waals surface area contributed by atoms with Crippen LogP contribution in [0, 0.1) is 13.8 Å². The second-order valence-electron chi connectivity index (χ2n) is 6.67. The summed E-state index contributed by atoms with van der Waals surface area (Å²) < 4.78 is 5.50. The van der Waals surface area contributed by atoms with Gasteiger partial charge in [0.15, 0.2) is 0 Å². The molecule has 0 aliphatic carbocycles. The summed E-state index contributed by atoms with van der Waals surface area (Å²) in [6.45, 7) is 4.62. The van der Waals surface area contributed by atoms with Crippen molar-refractivity contribution in [2.24, 2.45) is 0 Å². The number of likely N-dealkylation sites (tertiary alicyclic amines) is 1. The topological polar surface area (TPSA) is 72.1 Å². The monoisotopic (exact) mass is 348 g/mol. The number of carbonyl (C=O) groups excluding carboxylic acids is 1. The van der Waals surface area contributed by atoms with Crippen LogP contribution >= 0.6 is 0 Å². The van der Waals surface area contributed by atoms with Gasteiger partial charge in [-0.05, 0) is 38.8 Å². The van der Waals surface area contributed by atoms with E-state index in [1.54, 1.807) is 11.1 Å². The van der Waals surface area contributed by atoms with E-state index < -0.39 is 0 Å². The number of carbonyl (C=O) groups is 1. The Hall–Kier alpha value is -3.02. The van der Waals surface area contributed by atoms with E-state index in [4.69, 9.17) is 4.52 Å². The number of aromatic nitrogens is 3. The predicted octanol–water partition coefficient (Wildman–Crippen LogP) is 3.73. The smallest absolute Gasteiger partial charge is 0.256 e. The zero-order valence-electron chi connectivity index (χ0n) is 14.8. The van der Waals surface area contributed by atoms with Crippen LogP contribution in [0.15, 0.2) is 47.1 Å². The van der Waals surface area contributed by atoms with Gasteiger partial charge in [-0.15, -0.1) is 0 Å². The molecule has 3 aromatic rings. The molecule has 26 heavy (non-hydrogen) atoms. The zero-order valence-corrected chi connectivity index (χ0v) is 14.8. The molecule has 1 aliphatic heterocycles. The van der Waals surface area contributed by atoms with Crippen LogP contribution in [0.1, 0.15) is 46.4 Å².